The van der Waals surface area contributed by atoms with E-state index in [1.807, 2.05) is 0 Å². The fourth-order valence-electron chi connectivity index (χ4n) is 4.84. The number of nitrogens with one attached hydrogen (secondary N) is 1. The minimum absolute atomic E-state index is 0.0433. The molecule has 4 saturated carbocycles. The molecule has 1 N–H and O–H groups in total. The van der Waals surface area contributed by atoms with Crippen molar-refractivity contribution in [3.05, 3.63) is 0 Å². The number of hydrogen-bond acceptors (Lipinski definition) is 2. The minimum atomic E-state index is -5.20. The molecular weight excluding hydrogens is 279 g/mol. The smallest absolute Gasteiger partial charge is 0.207 e. The van der Waals surface area contributed by atoms with Gasteiger partial charge in [-0.3, -0.25) is 0 Å². The Morgan fingerprint density at radius 2 is 1.42 bits per heavy atom. The van der Waals surface area contributed by atoms with Crippen LogP contribution in [0.2, 0.25) is 0 Å². The van der Waals surface area contributed by atoms with Crippen molar-refractivity contribution >= 4 is 10.0 Å². The normalized spacial score (nSPS) is 41.7. The summed E-state index contributed by atoms with van der Waals surface area (Å²) in [6.07, 6.45) is 6.22. The van der Waals surface area contributed by atoms with Gasteiger partial charge in [-0.15, -0.1) is 0 Å². The highest BCUT2D eigenvalue weighted by Gasteiger charge is 2.52. The number of hydrogen-bond donors (Lipinski definition) is 1. The van der Waals surface area contributed by atoms with Crippen LogP contribution in [0.25, 0.3) is 0 Å². The Hall–Kier alpha value is -0.300. The van der Waals surface area contributed by atoms with Gasteiger partial charge in [-0.05, 0) is 61.7 Å². The predicted octanol–water partition coefficient (Wildman–Crippen LogP) is 2.64. The largest absolute Gasteiger partial charge is 0.511 e. The van der Waals surface area contributed by atoms with E-state index >= 15 is 0 Å². The maximum Gasteiger partial charge on any atom is 0.511 e. The molecule has 0 spiro atoms. The van der Waals surface area contributed by atoms with Gasteiger partial charge in [-0.1, -0.05) is 0 Å². The van der Waals surface area contributed by atoms with Crippen molar-refractivity contribution in [2.24, 2.45) is 23.2 Å². The summed E-state index contributed by atoms with van der Waals surface area (Å²) in [4.78, 5) is 0. The summed E-state index contributed by atoms with van der Waals surface area (Å²) >= 11 is 0. The van der Waals surface area contributed by atoms with E-state index in [9.17, 15) is 21.6 Å². The molecule has 0 unspecified atom stereocenters. The van der Waals surface area contributed by atoms with E-state index in [1.165, 1.54) is 19.3 Å². The van der Waals surface area contributed by atoms with Crippen molar-refractivity contribution in [2.45, 2.75) is 44.0 Å². The van der Waals surface area contributed by atoms with Gasteiger partial charge in [0, 0.05) is 6.54 Å². The van der Waals surface area contributed by atoms with E-state index in [2.05, 4.69) is 0 Å². The molecule has 4 aliphatic rings. The molecule has 110 valence electrons. The van der Waals surface area contributed by atoms with Gasteiger partial charge < -0.3 is 0 Å². The van der Waals surface area contributed by atoms with Crippen LogP contribution in [0, 0.1) is 23.2 Å². The molecule has 0 aromatic carbocycles. The van der Waals surface area contributed by atoms with Crippen LogP contribution in [-0.2, 0) is 10.0 Å². The second-order valence-electron chi connectivity index (χ2n) is 6.69. The molecule has 0 amide bonds. The zero-order valence-electron chi connectivity index (χ0n) is 10.5. The molecule has 0 aromatic heterocycles. The van der Waals surface area contributed by atoms with Gasteiger partial charge in [0.05, 0.1) is 0 Å². The van der Waals surface area contributed by atoms with Crippen LogP contribution < -0.4 is 4.72 Å². The van der Waals surface area contributed by atoms with Gasteiger partial charge in [-0.2, -0.15) is 13.2 Å². The SMILES string of the molecule is O=S(=O)(NCC12CC3CC(CC(C3)C1)C2)C(F)(F)F. The minimum Gasteiger partial charge on any atom is -0.207 e. The van der Waals surface area contributed by atoms with Gasteiger partial charge in [0.2, 0.25) is 0 Å². The average molecular weight is 297 g/mol. The molecule has 4 fully saturated rings. The number of rotatable bonds is 3. The van der Waals surface area contributed by atoms with E-state index in [-0.39, 0.29) is 12.0 Å². The van der Waals surface area contributed by atoms with Crippen LogP contribution in [0.1, 0.15) is 38.5 Å². The third kappa shape index (κ3) is 2.39. The van der Waals surface area contributed by atoms with Crippen molar-refractivity contribution in [2.75, 3.05) is 6.54 Å². The second kappa shape index (κ2) is 4.10. The van der Waals surface area contributed by atoms with Crippen LogP contribution in [-0.4, -0.2) is 20.5 Å². The van der Waals surface area contributed by atoms with Crippen LogP contribution in [0.3, 0.4) is 0 Å². The molecule has 0 heterocycles. The van der Waals surface area contributed by atoms with Crippen LogP contribution in [0.15, 0.2) is 0 Å². The van der Waals surface area contributed by atoms with Crippen LogP contribution in [0.5, 0.6) is 0 Å². The molecular formula is C12H18F3NO2S. The fraction of sp³-hybridized carbons (Fsp3) is 1.00. The molecule has 4 bridgehead atoms. The van der Waals surface area contributed by atoms with E-state index in [0.29, 0.717) is 17.8 Å². The maximum atomic E-state index is 12.3. The first-order valence-corrected chi connectivity index (χ1v) is 8.23. The highest BCUT2D eigenvalue weighted by atomic mass is 32.2. The summed E-state index contributed by atoms with van der Waals surface area (Å²) in [6.45, 7) is -0.0433. The van der Waals surface area contributed by atoms with Crippen molar-refractivity contribution in [1.82, 2.24) is 4.72 Å². The summed E-state index contributed by atoms with van der Waals surface area (Å²) < 4.78 is 61.0. The summed E-state index contributed by atoms with van der Waals surface area (Å²) in [7, 11) is -5.19. The van der Waals surface area contributed by atoms with Crippen molar-refractivity contribution in [3.8, 4) is 0 Å². The first-order chi connectivity index (χ1) is 8.69. The number of sulfonamides is 1. The Kier molecular flexibility index (Phi) is 2.95. The molecule has 0 saturated heterocycles. The van der Waals surface area contributed by atoms with Crippen molar-refractivity contribution in [3.63, 3.8) is 0 Å². The lowest BCUT2D eigenvalue weighted by molar-refractivity contribution is -0.0545. The number of halogens is 3. The fourth-order valence-corrected chi connectivity index (χ4v) is 5.50. The Morgan fingerprint density at radius 1 is 1.00 bits per heavy atom. The first kappa shape index (κ1) is 13.7. The second-order valence-corrected chi connectivity index (χ2v) is 8.45. The molecule has 0 aromatic rings. The van der Waals surface area contributed by atoms with Crippen LogP contribution >= 0.6 is 0 Å². The van der Waals surface area contributed by atoms with Gasteiger partial charge in [0.1, 0.15) is 0 Å². The van der Waals surface area contributed by atoms with Gasteiger partial charge in [-0.25, -0.2) is 13.1 Å². The lowest BCUT2D eigenvalue weighted by Gasteiger charge is -2.56. The quantitative estimate of drug-likeness (QED) is 0.870. The molecule has 4 rings (SSSR count). The Balaban J connectivity index is 1.71. The monoisotopic (exact) mass is 297 g/mol. The average Bonchev–Trinajstić information content (AvgIpc) is 2.23. The highest BCUT2D eigenvalue weighted by molar-refractivity contribution is 7.90. The van der Waals surface area contributed by atoms with Gasteiger partial charge in [0.25, 0.3) is 0 Å². The predicted molar refractivity (Wildman–Crippen MR) is 63.6 cm³/mol. The third-order valence-electron chi connectivity index (χ3n) is 5.11. The molecule has 7 heteroatoms. The van der Waals surface area contributed by atoms with Gasteiger partial charge >= 0.3 is 15.5 Å². The Morgan fingerprint density at radius 3 is 1.79 bits per heavy atom. The standard InChI is InChI=1S/C12H18F3NO2S/c13-12(14,15)19(17,18)16-7-11-4-8-1-9(5-11)3-10(2-8)6-11/h8-10,16H,1-7H2. The molecule has 0 atom stereocenters. The first-order valence-electron chi connectivity index (χ1n) is 6.75. The maximum absolute atomic E-state index is 12.3. The summed E-state index contributed by atoms with van der Waals surface area (Å²) in [5.41, 5.74) is -5.41. The highest BCUT2D eigenvalue weighted by Crippen LogP contribution is 2.59. The summed E-state index contributed by atoms with van der Waals surface area (Å²) in [5.74, 6) is 1.80. The summed E-state index contributed by atoms with van der Waals surface area (Å²) in [6, 6.07) is 0. The lowest BCUT2D eigenvalue weighted by Crippen LogP contribution is -2.52. The Bertz CT molecular complexity index is 437. The van der Waals surface area contributed by atoms with Crippen molar-refractivity contribution in [1.29, 1.82) is 0 Å². The zero-order valence-corrected chi connectivity index (χ0v) is 11.4. The molecule has 0 radical (unpaired) electrons. The molecule has 4 aliphatic carbocycles. The van der Waals surface area contributed by atoms with E-state index in [4.69, 9.17) is 0 Å². The van der Waals surface area contributed by atoms with Gasteiger partial charge in [0.15, 0.2) is 0 Å². The molecule has 0 aliphatic heterocycles. The summed E-state index contributed by atoms with van der Waals surface area (Å²) in [5, 5.41) is 0. The van der Waals surface area contributed by atoms with E-state index in [1.54, 1.807) is 4.72 Å². The van der Waals surface area contributed by atoms with Crippen molar-refractivity contribution < 1.29 is 21.6 Å². The molecule has 19 heavy (non-hydrogen) atoms. The zero-order chi connectivity index (χ0) is 13.9. The number of alkyl halides is 3. The van der Waals surface area contributed by atoms with E-state index in [0.717, 1.165) is 19.3 Å². The lowest BCUT2D eigenvalue weighted by atomic mass is 9.50. The molecule has 3 nitrogen and oxygen atoms in total. The third-order valence-corrected chi connectivity index (χ3v) is 6.24. The van der Waals surface area contributed by atoms with E-state index < -0.39 is 15.5 Å². The topological polar surface area (TPSA) is 46.2 Å². The Labute approximate surface area is 111 Å². The van der Waals surface area contributed by atoms with Crippen LogP contribution in [0.4, 0.5) is 13.2 Å².